The van der Waals surface area contributed by atoms with Crippen LogP contribution in [0.3, 0.4) is 0 Å². The monoisotopic (exact) mass is 298 g/mol. The molecule has 1 aliphatic heterocycles. The van der Waals surface area contributed by atoms with Gasteiger partial charge in [0.05, 0.1) is 0 Å². The molecule has 0 aliphatic carbocycles. The number of aryl methyl sites for hydroxylation is 2. The van der Waals surface area contributed by atoms with Gasteiger partial charge in [0.2, 0.25) is 6.29 Å². The minimum absolute atomic E-state index is 0.379. The van der Waals surface area contributed by atoms with E-state index in [2.05, 4.69) is 0 Å². The van der Waals surface area contributed by atoms with Crippen molar-refractivity contribution in [2.75, 3.05) is 0 Å². The lowest BCUT2D eigenvalue weighted by atomic mass is 9.99. The Morgan fingerprint density at radius 2 is 1.62 bits per heavy atom. The van der Waals surface area contributed by atoms with Gasteiger partial charge in [-0.2, -0.15) is 0 Å². The summed E-state index contributed by atoms with van der Waals surface area (Å²) in [6.45, 7) is 3.72. The minimum atomic E-state index is -1.73. The zero-order chi connectivity index (χ0) is 15.7. The lowest BCUT2D eigenvalue weighted by Crippen LogP contribution is -2.61. The number of carboxylic acid groups (broad SMARTS) is 1. The first-order valence-corrected chi connectivity index (χ1v) is 6.47. The average Bonchev–Trinajstić information content (AvgIpc) is 2.38. The summed E-state index contributed by atoms with van der Waals surface area (Å²) in [6, 6.07) is 5.30. The molecule has 1 saturated heterocycles. The molecule has 7 nitrogen and oxygen atoms in total. The zero-order valence-electron chi connectivity index (χ0n) is 11.6. The third-order valence-electron chi connectivity index (χ3n) is 3.26. The normalized spacial score (nSPS) is 32.7. The van der Waals surface area contributed by atoms with Gasteiger partial charge in [-0.3, -0.25) is 0 Å². The van der Waals surface area contributed by atoms with Gasteiger partial charge in [-0.05, 0) is 37.1 Å². The van der Waals surface area contributed by atoms with E-state index in [-0.39, 0.29) is 0 Å². The van der Waals surface area contributed by atoms with Crippen molar-refractivity contribution in [3.05, 3.63) is 29.3 Å². The van der Waals surface area contributed by atoms with Gasteiger partial charge in [0, 0.05) is 0 Å². The number of aliphatic hydroxyl groups excluding tert-OH is 3. The Labute approximate surface area is 121 Å². The van der Waals surface area contributed by atoms with Crippen LogP contribution in [0.1, 0.15) is 11.1 Å². The number of hydrogen-bond acceptors (Lipinski definition) is 6. The second-order valence-electron chi connectivity index (χ2n) is 5.18. The number of aliphatic hydroxyl groups is 3. The molecule has 0 spiro atoms. The molecule has 1 fully saturated rings. The number of carbonyl (C=O) groups is 1. The van der Waals surface area contributed by atoms with Crippen LogP contribution < -0.4 is 4.74 Å². The first-order chi connectivity index (χ1) is 9.79. The van der Waals surface area contributed by atoms with Crippen molar-refractivity contribution >= 4 is 5.97 Å². The van der Waals surface area contributed by atoms with Crippen molar-refractivity contribution in [3.8, 4) is 5.75 Å². The smallest absolute Gasteiger partial charge is 0.335 e. The van der Waals surface area contributed by atoms with Gasteiger partial charge in [-0.25, -0.2) is 4.79 Å². The highest BCUT2D eigenvalue weighted by Gasteiger charge is 2.48. The quantitative estimate of drug-likeness (QED) is 0.598. The van der Waals surface area contributed by atoms with Crippen LogP contribution in [0.2, 0.25) is 0 Å². The van der Waals surface area contributed by atoms with E-state index in [1.54, 1.807) is 12.1 Å². The molecular formula is C14H18O7. The fraction of sp³-hybridized carbons (Fsp3) is 0.500. The molecule has 116 valence electrons. The summed E-state index contributed by atoms with van der Waals surface area (Å²) in [5, 5.41) is 38.1. The zero-order valence-corrected chi connectivity index (χ0v) is 11.6. The SMILES string of the molecule is Cc1cc(C)cc(OC2OC(C(=O)O)C(O)C(O)C2O)c1. The van der Waals surface area contributed by atoms with Gasteiger partial charge in [0.15, 0.2) is 6.10 Å². The maximum atomic E-state index is 11.0. The molecule has 21 heavy (non-hydrogen) atoms. The Hall–Kier alpha value is -1.67. The van der Waals surface area contributed by atoms with Crippen LogP contribution in [0.5, 0.6) is 5.75 Å². The molecule has 0 radical (unpaired) electrons. The van der Waals surface area contributed by atoms with E-state index >= 15 is 0 Å². The fourth-order valence-corrected chi connectivity index (χ4v) is 2.28. The van der Waals surface area contributed by atoms with Crippen LogP contribution in [0.15, 0.2) is 18.2 Å². The Kier molecular flexibility index (Phi) is 4.48. The van der Waals surface area contributed by atoms with Crippen molar-refractivity contribution < 1.29 is 34.7 Å². The van der Waals surface area contributed by atoms with Crippen LogP contribution >= 0.6 is 0 Å². The topological polar surface area (TPSA) is 116 Å². The first kappa shape index (κ1) is 15.7. The van der Waals surface area contributed by atoms with E-state index in [4.69, 9.17) is 14.6 Å². The van der Waals surface area contributed by atoms with Gasteiger partial charge in [0.1, 0.15) is 24.1 Å². The molecular weight excluding hydrogens is 280 g/mol. The van der Waals surface area contributed by atoms with Gasteiger partial charge < -0.3 is 29.9 Å². The maximum absolute atomic E-state index is 11.0. The molecule has 0 aromatic heterocycles. The summed E-state index contributed by atoms with van der Waals surface area (Å²) in [4.78, 5) is 11.0. The Bertz CT molecular complexity index is 510. The highest BCUT2D eigenvalue weighted by atomic mass is 16.7. The summed E-state index contributed by atoms with van der Waals surface area (Å²) >= 11 is 0. The third-order valence-corrected chi connectivity index (χ3v) is 3.26. The van der Waals surface area contributed by atoms with Crippen LogP contribution in [0, 0.1) is 13.8 Å². The van der Waals surface area contributed by atoms with E-state index < -0.39 is 36.7 Å². The number of ether oxygens (including phenoxy) is 2. The Balaban J connectivity index is 2.19. The fourth-order valence-electron chi connectivity index (χ4n) is 2.28. The molecule has 1 heterocycles. The number of aliphatic carboxylic acids is 1. The van der Waals surface area contributed by atoms with Gasteiger partial charge in [-0.1, -0.05) is 6.07 Å². The van der Waals surface area contributed by atoms with Crippen LogP contribution in [0.4, 0.5) is 0 Å². The van der Waals surface area contributed by atoms with E-state index in [0.29, 0.717) is 5.75 Å². The summed E-state index contributed by atoms with van der Waals surface area (Å²) in [5.74, 6) is -1.06. The second-order valence-corrected chi connectivity index (χ2v) is 5.18. The molecule has 5 unspecified atom stereocenters. The molecule has 4 N–H and O–H groups in total. The van der Waals surface area contributed by atoms with E-state index in [1.165, 1.54) is 0 Å². The van der Waals surface area contributed by atoms with Crippen molar-refractivity contribution in [2.45, 2.75) is 44.6 Å². The van der Waals surface area contributed by atoms with Gasteiger partial charge >= 0.3 is 5.97 Å². The predicted octanol–water partition coefficient (Wildman–Crippen LogP) is -0.426. The van der Waals surface area contributed by atoms with Gasteiger partial charge in [0.25, 0.3) is 0 Å². The molecule has 2 rings (SSSR count). The molecule has 1 aromatic rings. The van der Waals surface area contributed by atoms with E-state index in [0.717, 1.165) is 11.1 Å². The summed E-state index contributed by atoms with van der Waals surface area (Å²) in [6.07, 6.45) is -8.01. The molecule has 1 aromatic carbocycles. The summed E-state index contributed by atoms with van der Waals surface area (Å²) < 4.78 is 10.5. The molecule has 0 saturated carbocycles. The minimum Gasteiger partial charge on any atom is -0.479 e. The molecule has 1 aliphatic rings. The second kappa shape index (κ2) is 5.98. The molecule has 0 amide bonds. The number of rotatable bonds is 3. The molecule has 7 heteroatoms. The number of hydrogen-bond donors (Lipinski definition) is 4. The summed E-state index contributed by atoms with van der Waals surface area (Å²) in [5.41, 5.74) is 1.84. The van der Waals surface area contributed by atoms with Crippen LogP contribution in [-0.4, -0.2) is 57.1 Å². The van der Waals surface area contributed by atoms with Crippen LogP contribution in [0.25, 0.3) is 0 Å². The standard InChI is InChI=1S/C14H18O7/c1-6-3-7(2)5-8(4-6)20-14-11(17)9(15)10(16)12(21-14)13(18)19/h3-5,9-12,14-17H,1-2H3,(H,18,19). The Morgan fingerprint density at radius 1 is 1.05 bits per heavy atom. The van der Waals surface area contributed by atoms with Crippen molar-refractivity contribution in [3.63, 3.8) is 0 Å². The van der Waals surface area contributed by atoms with Crippen molar-refractivity contribution in [1.82, 2.24) is 0 Å². The average molecular weight is 298 g/mol. The van der Waals surface area contributed by atoms with Crippen molar-refractivity contribution in [2.24, 2.45) is 0 Å². The first-order valence-electron chi connectivity index (χ1n) is 6.47. The molecule has 5 atom stereocenters. The largest absolute Gasteiger partial charge is 0.479 e. The van der Waals surface area contributed by atoms with Gasteiger partial charge in [-0.15, -0.1) is 0 Å². The lowest BCUT2D eigenvalue weighted by Gasteiger charge is -2.38. The highest BCUT2D eigenvalue weighted by Crippen LogP contribution is 2.25. The predicted molar refractivity (Wildman–Crippen MR) is 70.9 cm³/mol. The summed E-state index contributed by atoms with van der Waals surface area (Å²) in [7, 11) is 0. The third kappa shape index (κ3) is 3.33. The number of benzene rings is 1. The Morgan fingerprint density at radius 3 is 2.14 bits per heavy atom. The van der Waals surface area contributed by atoms with E-state index in [1.807, 2.05) is 19.9 Å². The number of carboxylic acids is 1. The van der Waals surface area contributed by atoms with Crippen LogP contribution in [-0.2, 0) is 9.53 Å². The maximum Gasteiger partial charge on any atom is 0.335 e. The highest BCUT2D eigenvalue weighted by molar-refractivity contribution is 5.73. The lowest BCUT2D eigenvalue weighted by molar-refractivity contribution is -0.271. The van der Waals surface area contributed by atoms with E-state index in [9.17, 15) is 20.1 Å². The van der Waals surface area contributed by atoms with Crippen molar-refractivity contribution in [1.29, 1.82) is 0 Å². The molecule has 0 bridgehead atoms.